The quantitative estimate of drug-likeness (QED) is 0.459. The van der Waals surface area contributed by atoms with Crippen molar-refractivity contribution in [1.82, 2.24) is 4.90 Å². The summed E-state index contributed by atoms with van der Waals surface area (Å²) in [6.45, 7) is 4.34. The number of methoxy groups -OCH3 is 1. The number of amides is 1. The minimum atomic E-state index is -0.694. The molecule has 0 radical (unpaired) electrons. The summed E-state index contributed by atoms with van der Waals surface area (Å²) >= 11 is 5.93. The lowest BCUT2D eigenvalue weighted by Crippen LogP contribution is -2.33. The van der Waals surface area contributed by atoms with Crippen molar-refractivity contribution in [1.29, 1.82) is 0 Å². The van der Waals surface area contributed by atoms with Gasteiger partial charge in [0.2, 0.25) is 0 Å². The molecule has 1 heterocycles. The summed E-state index contributed by atoms with van der Waals surface area (Å²) in [6.07, 6.45) is 0. The molecule has 0 bridgehead atoms. The predicted octanol–water partition coefficient (Wildman–Crippen LogP) is 4.43. The molecule has 1 unspecified atom stereocenters. The fourth-order valence-electron chi connectivity index (χ4n) is 3.38. The van der Waals surface area contributed by atoms with E-state index < -0.39 is 17.7 Å². The predicted molar refractivity (Wildman–Crippen MR) is 108 cm³/mol. The first kappa shape index (κ1) is 20.0. The molecular weight excluding hydrogens is 378 g/mol. The summed E-state index contributed by atoms with van der Waals surface area (Å²) in [5.74, 6) is -0.756. The first-order chi connectivity index (χ1) is 13.3. The van der Waals surface area contributed by atoms with E-state index in [0.29, 0.717) is 28.4 Å². The Morgan fingerprint density at radius 2 is 1.86 bits per heavy atom. The number of hydrogen-bond donors (Lipinski definition) is 1. The van der Waals surface area contributed by atoms with Crippen molar-refractivity contribution in [2.45, 2.75) is 19.9 Å². The molecule has 28 heavy (non-hydrogen) atoms. The van der Waals surface area contributed by atoms with Gasteiger partial charge in [-0.15, -0.1) is 0 Å². The second-order valence-electron chi connectivity index (χ2n) is 7.13. The van der Waals surface area contributed by atoms with Gasteiger partial charge in [0.05, 0.1) is 18.7 Å². The summed E-state index contributed by atoms with van der Waals surface area (Å²) in [4.78, 5) is 27.1. The van der Waals surface area contributed by atoms with Crippen molar-refractivity contribution in [2.75, 3.05) is 13.7 Å². The van der Waals surface area contributed by atoms with Crippen molar-refractivity contribution in [3.05, 3.63) is 70.3 Å². The lowest BCUT2D eigenvalue weighted by atomic mass is 9.95. The molecule has 1 amide bonds. The van der Waals surface area contributed by atoms with E-state index >= 15 is 0 Å². The smallest absolute Gasteiger partial charge is 0.295 e. The lowest BCUT2D eigenvalue weighted by molar-refractivity contribution is -0.140. The summed E-state index contributed by atoms with van der Waals surface area (Å²) in [5.41, 5.74) is 1.20. The number of halogens is 1. The van der Waals surface area contributed by atoms with Gasteiger partial charge < -0.3 is 14.7 Å². The van der Waals surface area contributed by atoms with Crippen LogP contribution < -0.4 is 4.74 Å². The SMILES string of the molecule is COc1cccc(C2/C(=C(/O)c3ccc(Cl)cc3)C(=O)C(=O)N2CC(C)C)c1. The number of aliphatic hydroxyl groups excluding tert-OH is 1. The van der Waals surface area contributed by atoms with Gasteiger partial charge in [-0.3, -0.25) is 9.59 Å². The first-order valence-electron chi connectivity index (χ1n) is 9.01. The Hall–Kier alpha value is -2.79. The van der Waals surface area contributed by atoms with Crippen LogP contribution in [0.15, 0.2) is 54.1 Å². The molecule has 2 aromatic carbocycles. The Bertz CT molecular complexity index is 934. The number of Topliss-reactive ketones (excluding diaryl/α,β-unsaturated/α-hetero) is 1. The number of carbonyl (C=O) groups is 2. The van der Waals surface area contributed by atoms with Gasteiger partial charge in [-0.25, -0.2) is 0 Å². The Labute approximate surface area is 169 Å². The highest BCUT2D eigenvalue weighted by atomic mass is 35.5. The summed E-state index contributed by atoms with van der Waals surface area (Å²) in [5, 5.41) is 11.4. The topological polar surface area (TPSA) is 66.8 Å². The Morgan fingerprint density at radius 3 is 2.46 bits per heavy atom. The molecule has 1 N–H and O–H groups in total. The average Bonchev–Trinajstić information content (AvgIpc) is 2.92. The van der Waals surface area contributed by atoms with Crippen LogP contribution in [0.2, 0.25) is 5.02 Å². The van der Waals surface area contributed by atoms with Gasteiger partial charge in [0.15, 0.2) is 0 Å². The summed E-state index contributed by atoms with van der Waals surface area (Å²) in [6, 6.07) is 13.0. The van der Waals surface area contributed by atoms with Crippen LogP contribution in [0.3, 0.4) is 0 Å². The molecule has 1 fully saturated rings. The molecule has 0 aliphatic carbocycles. The van der Waals surface area contributed by atoms with Crippen molar-refractivity contribution in [2.24, 2.45) is 5.92 Å². The average molecular weight is 400 g/mol. The summed E-state index contributed by atoms with van der Waals surface area (Å²) in [7, 11) is 1.55. The number of hydrogen-bond acceptors (Lipinski definition) is 4. The first-order valence-corrected chi connectivity index (χ1v) is 9.39. The number of carbonyl (C=O) groups excluding carboxylic acids is 2. The zero-order valence-corrected chi connectivity index (χ0v) is 16.7. The van der Waals surface area contributed by atoms with Gasteiger partial charge in [-0.2, -0.15) is 0 Å². The third-order valence-electron chi connectivity index (χ3n) is 4.63. The van der Waals surface area contributed by atoms with Crippen LogP contribution in [0.5, 0.6) is 5.75 Å². The van der Waals surface area contributed by atoms with Crippen LogP contribution in [0.4, 0.5) is 0 Å². The molecule has 146 valence electrons. The van der Waals surface area contributed by atoms with Crippen LogP contribution in [-0.2, 0) is 9.59 Å². The van der Waals surface area contributed by atoms with E-state index in [1.807, 2.05) is 19.9 Å². The van der Waals surface area contributed by atoms with Gasteiger partial charge in [-0.1, -0.05) is 37.6 Å². The van der Waals surface area contributed by atoms with E-state index in [2.05, 4.69) is 0 Å². The molecule has 0 saturated carbocycles. The molecule has 5 nitrogen and oxygen atoms in total. The third-order valence-corrected chi connectivity index (χ3v) is 4.88. The summed E-state index contributed by atoms with van der Waals surface area (Å²) < 4.78 is 5.30. The van der Waals surface area contributed by atoms with Crippen molar-refractivity contribution >= 4 is 29.1 Å². The van der Waals surface area contributed by atoms with Gasteiger partial charge >= 0.3 is 0 Å². The van der Waals surface area contributed by atoms with E-state index in [0.717, 1.165) is 0 Å². The van der Waals surface area contributed by atoms with Gasteiger partial charge in [0.1, 0.15) is 11.5 Å². The highest BCUT2D eigenvalue weighted by Gasteiger charge is 2.46. The standard InChI is InChI=1S/C22H22ClNO4/c1-13(2)12-24-19(15-5-4-6-17(11-15)28-3)18(21(26)22(24)27)20(25)14-7-9-16(23)10-8-14/h4-11,13,19,25H,12H2,1-3H3/b20-18-. The molecule has 1 aliphatic rings. The zero-order valence-electron chi connectivity index (χ0n) is 16.0. The van der Waals surface area contributed by atoms with Crippen LogP contribution in [0, 0.1) is 5.92 Å². The maximum absolute atomic E-state index is 12.9. The second kappa shape index (κ2) is 8.07. The molecular formula is C22H22ClNO4. The van der Waals surface area contributed by atoms with Crippen LogP contribution in [0.25, 0.3) is 5.76 Å². The third kappa shape index (κ3) is 3.76. The van der Waals surface area contributed by atoms with Crippen molar-refractivity contribution in [3.8, 4) is 5.75 Å². The number of likely N-dealkylation sites (tertiary alicyclic amines) is 1. The Morgan fingerprint density at radius 1 is 1.18 bits per heavy atom. The number of nitrogens with zero attached hydrogens (tertiary/aromatic N) is 1. The molecule has 0 spiro atoms. The van der Waals surface area contributed by atoms with E-state index in [-0.39, 0.29) is 17.3 Å². The van der Waals surface area contributed by atoms with Crippen LogP contribution in [-0.4, -0.2) is 35.4 Å². The van der Waals surface area contributed by atoms with Gasteiger partial charge in [0, 0.05) is 17.1 Å². The molecule has 6 heteroatoms. The van der Waals surface area contributed by atoms with E-state index in [1.165, 1.54) is 4.90 Å². The monoisotopic (exact) mass is 399 g/mol. The van der Waals surface area contributed by atoms with Gasteiger partial charge in [0.25, 0.3) is 11.7 Å². The molecule has 2 aromatic rings. The highest BCUT2D eigenvalue weighted by Crippen LogP contribution is 2.40. The lowest BCUT2D eigenvalue weighted by Gasteiger charge is -2.27. The van der Waals surface area contributed by atoms with Crippen LogP contribution in [0.1, 0.15) is 31.0 Å². The number of ether oxygens (including phenoxy) is 1. The van der Waals surface area contributed by atoms with E-state index in [4.69, 9.17) is 16.3 Å². The number of rotatable bonds is 5. The second-order valence-corrected chi connectivity index (χ2v) is 7.57. The fourth-order valence-corrected chi connectivity index (χ4v) is 3.51. The van der Waals surface area contributed by atoms with Crippen molar-refractivity contribution in [3.63, 3.8) is 0 Å². The normalized spacial score (nSPS) is 18.8. The maximum atomic E-state index is 12.9. The largest absolute Gasteiger partial charge is 0.507 e. The van der Waals surface area contributed by atoms with E-state index in [9.17, 15) is 14.7 Å². The van der Waals surface area contributed by atoms with E-state index in [1.54, 1.807) is 49.6 Å². The van der Waals surface area contributed by atoms with Crippen molar-refractivity contribution < 1.29 is 19.4 Å². The van der Waals surface area contributed by atoms with Crippen LogP contribution >= 0.6 is 11.6 Å². The minimum absolute atomic E-state index is 0.0706. The Balaban J connectivity index is 2.19. The molecule has 3 rings (SSSR count). The fraction of sp³-hybridized carbons (Fsp3) is 0.273. The highest BCUT2D eigenvalue weighted by molar-refractivity contribution is 6.46. The molecule has 0 aromatic heterocycles. The maximum Gasteiger partial charge on any atom is 0.295 e. The van der Waals surface area contributed by atoms with Gasteiger partial charge in [-0.05, 0) is 47.9 Å². The number of benzene rings is 2. The minimum Gasteiger partial charge on any atom is -0.507 e. The number of ketones is 1. The molecule has 1 aliphatic heterocycles. The Kier molecular flexibility index (Phi) is 5.75. The molecule has 1 saturated heterocycles. The molecule has 1 atom stereocenters. The number of aliphatic hydroxyl groups is 1. The zero-order chi connectivity index (χ0) is 20.4.